The normalized spacial score (nSPS) is 16.3. The van der Waals surface area contributed by atoms with E-state index < -0.39 is 0 Å². The average molecular weight is 312 g/mol. The van der Waals surface area contributed by atoms with Crippen molar-refractivity contribution >= 4 is 16.9 Å². The monoisotopic (exact) mass is 312 g/mol. The number of H-pyrrole nitrogens is 1. The third-order valence-electron chi connectivity index (χ3n) is 4.09. The van der Waals surface area contributed by atoms with E-state index in [1.807, 2.05) is 44.1 Å². The van der Waals surface area contributed by atoms with Crippen LogP contribution in [0.1, 0.15) is 43.1 Å². The standard InChI is InChI=1S/C18H24N4O/c1-12(19-17(23)5-4-10-22(2)3)14-8-9-15-16(11-14)21-18(20-15)13-6-7-13/h4-5,8-9,11-13H,6-7,10H2,1-3H3,(H,19,23)(H,20,21)/b5-4+. The van der Waals surface area contributed by atoms with E-state index in [9.17, 15) is 4.79 Å². The number of amides is 1. The summed E-state index contributed by atoms with van der Waals surface area (Å²) in [6.07, 6.45) is 5.93. The van der Waals surface area contributed by atoms with Gasteiger partial charge < -0.3 is 15.2 Å². The minimum atomic E-state index is -0.0669. The van der Waals surface area contributed by atoms with Gasteiger partial charge in [-0.2, -0.15) is 0 Å². The zero-order valence-corrected chi connectivity index (χ0v) is 14.0. The molecule has 1 amide bonds. The zero-order chi connectivity index (χ0) is 16.4. The van der Waals surface area contributed by atoms with Gasteiger partial charge in [-0.1, -0.05) is 12.1 Å². The number of carbonyl (C=O) groups excluding carboxylic acids is 1. The van der Waals surface area contributed by atoms with E-state index in [2.05, 4.69) is 21.4 Å². The predicted octanol–water partition coefficient (Wildman–Crippen LogP) is 2.74. The van der Waals surface area contributed by atoms with E-state index in [4.69, 9.17) is 0 Å². The number of fused-ring (bicyclic) bond motifs is 1. The van der Waals surface area contributed by atoms with Crippen molar-refractivity contribution in [2.75, 3.05) is 20.6 Å². The fraction of sp³-hybridized carbons (Fsp3) is 0.444. The molecule has 1 aliphatic carbocycles. The van der Waals surface area contributed by atoms with Crippen molar-refractivity contribution in [1.82, 2.24) is 20.2 Å². The van der Waals surface area contributed by atoms with E-state index >= 15 is 0 Å². The zero-order valence-electron chi connectivity index (χ0n) is 14.0. The van der Waals surface area contributed by atoms with Gasteiger partial charge >= 0.3 is 0 Å². The van der Waals surface area contributed by atoms with Gasteiger partial charge in [0.05, 0.1) is 17.1 Å². The highest BCUT2D eigenvalue weighted by Crippen LogP contribution is 2.39. The Labute approximate surface area is 136 Å². The van der Waals surface area contributed by atoms with E-state index in [1.165, 1.54) is 12.8 Å². The first-order valence-corrected chi connectivity index (χ1v) is 8.14. The van der Waals surface area contributed by atoms with Gasteiger partial charge in [0.2, 0.25) is 5.91 Å². The van der Waals surface area contributed by atoms with Gasteiger partial charge in [-0.3, -0.25) is 4.79 Å². The van der Waals surface area contributed by atoms with Gasteiger partial charge in [-0.05, 0) is 51.6 Å². The topological polar surface area (TPSA) is 61.0 Å². The number of aromatic amines is 1. The molecular weight excluding hydrogens is 288 g/mol. The summed E-state index contributed by atoms with van der Waals surface area (Å²) in [4.78, 5) is 22.0. The van der Waals surface area contributed by atoms with Crippen molar-refractivity contribution in [2.45, 2.75) is 31.7 Å². The van der Waals surface area contributed by atoms with Crippen LogP contribution in [0.4, 0.5) is 0 Å². The van der Waals surface area contributed by atoms with Gasteiger partial charge in [0.25, 0.3) is 0 Å². The first-order chi connectivity index (χ1) is 11.0. The predicted molar refractivity (Wildman–Crippen MR) is 92.3 cm³/mol. The lowest BCUT2D eigenvalue weighted by Gasteiger charge is -2.13. The van der Waals surface area contributed by atoms with Crippen molar-refractivity contribution in [3.63, 3.8) is 0 Å². The van der Waals surface area contributed by atoms with E-state index in [1.54, 1.807) is 6.08 Å². The quantitative estimate of drug-likeness (QED) is 0.806. The molecule has 1 fully saturated rings. The van der Waals surface area contributed by atoms with E-state index in [-0.39, 0.29) is 11.9 Å². The number of nitrogens with one attached hydrogen (secondary N) is 2. The Morgan fingerprint density at radius 2 is 2.26 bits per heavy atom. The summed E-state index contributed by atoms with van der Waals surface area (Å²) in [7, 11) is 3.95. The molecule has 5 nitrogen and oxygen atoms in total. The number of rotatable bonds is 6. The molecule has 0 radical (unpaired) electrons. The molecule has 1 aromatic carbocycles. The summed E-state index contributed by atoms with van der Waals surface area (Å²) in [6.45, 7) is 2.75. The molecule has 2 N–H and O–H groups in total. The molecule has 2 aromatic rings. The van der Waals surface area contributed by atoms with Crippen LogP contribution in [0.25, 0.3) is 11.0 Å². The minimum Gasteiger partial charge on any atom is -0.346 e. The minimum absolute atomic E-state index is 0.0384. The number of imidazole rings is 1. The maximum Gasteiger partial charge on any atom is 0.244 e. The van der Waals surface area contributed by atoms with Gasteiger partial charge in [0, 0.05) is 18.5 Å². The molecule has 1 heterocycles. The first-order valence-electron chi connectivity index (χ1n) is 8.14. The van der Waals surface area contributed by atoms with Crippen LogP contribution in [0.3, 0.4) is 0 Å². The number of aromatic nitrogens is 2. The summed E-state index contributed by atoms with van der Waals surface area (Å²) in [6, 6.07) is 6.11. The molecule has 3 rings (SSSR count). The van der Waals surface area contributed by atoms with Crippen molar-refractivity contribution in [1.29, 1.82) is 0 Å². The second kappa shape index (κ2) is 6.54. The molecular formula is C18H24N4O. The number of likely N-dealkylation sites (N-methyl/N-ethyl adjacent to an activating group) is 1. The van der Waals surface area contributed by atoms with Crippen LogP contribution < -0.4 is 5.32 Å². The van der Waals surface area contributed by atoms with Crippen LogP contribution in [0.5, 0.6) is 0 Å². The lowest BCUT2D eigenvalue weighted by molar-refractivity contribution is -0.117. The van der Waals surface area contributed by atoms with Crippen molar-refractivity contribution in [2.24, 2.45) is 0 Å². The third kappa shape index (κ3) is 3.99. The summed E-state index contributed by atoms with van der Waals surface area (Å²) in [5.74, 6) is 1.65. The van der Waals surface area contributed by atoms with Gasteiger partial charge in [0.15, 0.2) is 0 Å². The SMILES string of the molecule is CC(NC(=O)/C=C/CN(C)C)c1ccc2nc(C3CC3)[nH]c2c1. The van der Waals surface area contributed by atoms with Crippen molar-refractivity contribution < 1.29 is 4.79 Å². The van der Waals surface area contributed by atoms with Crippen LogP contribution in [-0.4, -0.2) is 41.4 Å². The first kappa shape index (κ1) is 15.7. The Kier molecular flexibility index (Phi) is 4.48. The van der Waals surface area contributed by atoms with Crippen LogP contribution in [0, 0.1) is 0 Å². The van der Waals surface area contributed by atoms with Gasteiger partial charge in [-0.15, -0.1) is 0 Å². The Balaban J connectivity index is 1.66. The number of hydrogen-bond acceptors (Lipinski definition) is 3. The highest BCUT2D eigenvalue weighted by molar-refractivity contribution is 5.88. The molecule has 23 heavy (non-hydrogen) atoms. The van der Waals surface area contributed by atoms with Crippen LogP contribution >= 0.6 is 0 Å². The highest BCUT2D eigenvalue weighted by Gasteiger charge is 2.26. The lowest BCUT2D eigenvalue weighted by atomic mass is 10.1. The molecule has 0 bridgehead atoms. The number of hydrogen-bond donors (Lipinski definition) is 2. The van der Waals surface area contributed by atoms with Crippen LogP contribution in [0.2, 0.25) is 0 Å². The van der Waals surface area contributed by atoms with Gasteiger partial charge in [-0.25, -0.2) is 4.98 Å². The molecule has 1 aliphatic rings. The molecule has 122 valence electrons. The second-order valence-electron chi connectivity index (χ2n) is 6.57. The summed E-state index contributed by atoms with van der Waals surface area (Å²) >= 11 is 0. The Bertz CT molecular complexity index is 728. The van der Waals surface area contributed by atoms with Crippen molar-refractivity contribution in [3.8, 4) is 0 Å². The summed E-state index contributed by atoms with van der Waals surface area (Å²) in [5, 5.41) is 3.00. The maximum absolute atomic E-state index is 11.9. The fourth-order valence-electron chi connectivity index (χ4n) is 2.58. The molecule has 1 unspecified atom stereocenters. The second-order valence-corrected chi connectivity index (χ2v) is 6.57. The van der Waals surface area contributed by atoms with E-state index in [0.29, 0.717) is 5.92 Å². The Morgan fingerprint density at radius 3 is 2.96 bits per heavy atom. The lowest BCUT2D eigenvalue weighted by Crippen LogP contribution is -2.25. The molecule has 0 aliphatic heterocycles. The maximum atomic E-state index is 11.9. The average Bonchev–Trinajstić information content (AvgIpc) is 3.25. The largest absolute Gasteiger partial charge is 0.346 e. The molecule has 1 atom stereocenters. The van der Waals surface area contributed by atoms with Crippen LogP contribution in [-0.2, 0) is 4.79 Å². The fourth-order valence-corrected chi connectivity index (χ4v) is 2.58. The highest BCUT2D eigenvalue weighted by atomic mass is 16.1. The smallest absolute Gasteiger partial charge is 0.244 e. The number of carbonyl (C=O) groups is 1. The van der Waals surface area contributed by atoms with Crippen LogP contribution in [0.15, 0.2) is 30.4 Å². The number of nitrogens with zero attached hydrogens (tertiary/aromatic N) is 2. The molecule has 1 aromatic heterocycles. The molecule has 5 heteroatoms. The Morgan fingerprint density at radius 1 is 1.48 bits per heavy atom. The summed E-state index contributed by atoms with van der Waals surface area (Å²) in [5.41, 5.74) is 3.13. The summed E-state index contributed by atoms with van der Waals surface area (Å²) < 4.78 is 0. The molecule has 0 saturated heterocycles. The van der Waals surface area contributed by atoms with Gasteiger partial charge in [0.1, 0.15) is 5.82 Å². The number of benzene rings is 1. The van der Waals surface area contributed by atoms with Crippen molar-refractivity contribution in [3.05, 3.63) is 41.7 Å². The van der Waals surface area contributed by atoms with E-state index in [0.717, 1.165) is 29.0 Å². The Hall–Kier alpha value is -2.14. The molecule has 0 spiro atoms. The molecule has 1 saturated carbocycles. The third-order valence-corrected chi connectivity index (χ3v) is 4.09.